The first kappa shape index (κ1) is 18.9. The quantitative estimate of drug-likeness (QED) is 0.471. The molecule has 5 nitrogen and oxygen atoms in total. The molecule has 6 heteroatoms. The monoisotopic (exact) mass is 426 g/mol. The molecule has 0 saturated heterocycles. The van der Waals surface area contributed by atoms with Gasteiger partial charge in [0.15, 0.2) is 0 Å². The van der Waals surface area contributed by atoms with Crippen molar-refractivity contribution in [1.29, 1.82) is 0 Å². The van der Waals surface area contributed by atoms with Gasteiger partial charge in [0.2, 0.25) is 5.91 Å². The molecule has 3 aromatic rings. The summed E-state index contributed by atoms with van der Waals surface area (Å²) < 4.78 is 11.5. The van der Waals surface area contributed by atoms with E-state index in [1.54, 1.807) is 38.6 Å². The summed E-state index contributed by atoms with van der Waals surface area (Å²) in [4.78, 5) is 12.3. The van der Waals surface area contributed by atoms with Crippen LogP contribution in [0.4, 0.5) is 0 Å². The highest BCUT2D eigenvalue weighted by molar-refractivity contribution is 9.10. The summed E-state index contributed by atoms with van der Waals surface area (Å²) in [5, 5.41) is 6.17. The number of amides is 1. The molecule has 0 heterocycles. The average molecular weight is 427 g/mol. The molecule has 27 heavy (non-hydrogen) atoms. The Bertz CT molecular complexity index is 1000. The van der Waals surface area contributed by atoms with E-state index in [0.29, 0.717) is 17.1 Å². The maximum Gasteiger partial charge on any atom is 0.244 e. The number of fused-ring (bicyclic) bond motifs is 1. The largest absolute Gasteiger partial charge is 0.497 e. The van der Waals surface area contributed by atoms with Crippen LogP contribution in [-0.2, 0) is 11.2 Å². The molecule has 0 radical (unpaired) electrons. The number of hydrazone groups is 1. The summed E-state index contributed by atoms with van der Waals surface area (Å²) >= 11 is 3.54. The summed E-state index contributed by atoms with van der Waals surface area (Å²) in [5.41, 5.74) is 4.23. The average Bonchev–Trinajstić information content (AvgIpc) is 2.70. The maximum atomic E-state index is 12.3. The lowest BCUT2D eigenvalue weighted by Gasteiger charge is -2.08. The van der Waals surface area contributed by atoms with Crippen LogP contribution in [0, 0.1) is 0 Å². The third kappa shape index (κ3) is 4.46. The predicted octanol–water partition coefficient (Wildman–Crippen LogP) is 4.31. The maximum absolute atomic E-state index is 12.3. The SMILES string of the molecule is COc1ccc(OC)c(/C=N\NC(=O)Cc2ccc(Br)c3ccccc23)c1. The number of benzene rings is 3. The zero-order valence-corrected chi connectivity index (χ0v) is 16.6. The number of nitrogens with one attached hydrogen (secondary N) is 1. The molecule has 3 aromatic carbocycles. The van der Waals surface area contributed by atoms with Gasteiger partial charge in [-0.2, -0.15) is 5.10 Å². The van der Waals surface area contributed by atoms with Gasteiger partial charge >= 0.3 is 0 Å². The first-order chi connectivity index (χ1) is 13.1. The predicted molar refractivity (Wildman–Crippen MR) is 111 cm³/mol. The molecule has 0 aromatic heterocycles. The number of rotatable bonds is 6. The molecule has 3 rings (SSSR count). The van der Waals surface area contributed by atoms with Crippen LogP contribution >= 0.6 is 15.9 Å². The lowest BCUT2D eigenvalue weighted by molar-refractivity contribution is -0.120. The minimum atomic E-state index is -0.194. The molecule has 0 saturated carbocycles. The summed E-state index contributed by atoms with van der Waals surface area (Å²) in [6.45, 7) is 0. The standard InChI is InChI=1S/C21H19BrN2O3/c1-26-16-8-10-20(27-2)15(11-16)13-23-24-21(25)12-14-7-9-19(22)18-6-4-3-5-17(14)18/h3-11,13H,12H2,1-2H3,(H,24,25)/b23-13-. The van der Waals surface area contributed by atoms with Crippen LogP contribution in [0.15, 0.2) is 64.2 Å². The van der Waals surface area contributed by atoms with Crippen molar-refractivity contribution in [2.75, 3.05) is 14.2 Å². The number of hydrogen-bond acceptors (Lipinski definition) is 4. The number of halogens is 1. The van der Waals surface area contributed by atoms with E-state index in [2.05, 4.69) is 26.5 Å². The number of methoxy groups -OCH3 is 2. The van der Waals surface area contributed by atoms with Gasteiger partial charge in [-0.3, -0.25) is 4.79 Å². The molecule has 0 aliphatic rings. The Kier molecular flexibility index (Phi) is 6.08. The fourth-order valence-electron chi connectivity index (χ4n) is 2.81. The van der Waals surface area contributed by atoms with Crippen molar-refractivity contribution in [3.05, 3.63) is 70.2 Å². The number of hydrogen-bond donors (Lipinski definition) is 1. The van der Waals surface area contributed by atoms with Crippen molar-refractivity contribution < 1.29 is 14.3 Å². The van der Waals surface area contributed by atoms with E-state index in [9.17, 15) is 4.79 Å². The minimum Gasteiger partial charge on any atom is -0.497 e. The fraction of sp³-hybridized carbons (Fsp3) is 0.143. The van der Waals surface area contributed by atoms with Crippen LogP contribution in [0.1, 0.15) is 11.1 Å². The Morgan fingerprint density at radius 1 is 1.07 bits per heavy atom. The number of carbonyl (C=O) groups is 1. The van der Waals surface area contributed by atoms with Gasteiger partial charge in [0.05, 0.1) is 26.9 Å². The number of carbonyl (C=O) groups excluding carboxylic acids is 1. The zero-order chi connectivity index (χ0) is 19.2. The minimum absolute atomic E-state index is 0.194. The highest BCUT2D eigenvalue weighted by Gasteiger charge is 2.08. The van der Waals surface area contributed by atoms with Crippen LogP contribution in [-0.4, -0.2) is 26.3 Å². The molecule has 138 valence electrons. The molecule has 0 bridgehead atoms. The summed E-state index contributed by atoms with van der Waals surface area (Å²) in [6.07, 6.45) is 1.78. The molecule has 0 fully saturated rings. The van der Waals surface area contributed by atoms with Crippen molar-refractivity contribution in [2.24, 2.45) is 5.10 Å². The molecule has 0 aliphatic heterocycles. The Hall–Kier alpha value is -2.86. The lowest BCUT2D eigenvalue weighted by Crippen LogP contribution is -2.20. The number of ether oxygens (including phenoxy) is 2. The third-order valence-corrected chi connectivity index (χ3v) is 4.83. The second kappa shape index (κ2) is 8.68. The topological polar surface area (TPSA) is 59.9 Å². The Morgan fingerprint density at radius 3 is 2.59 bits per heavy atom. The van der Waals surface area contributed by atoms with E-state index in [0.717, 1.165) is 20.8 Å². The number of nitrogens with zero attached hydrogens (tertiary/aromatic N) is 1. The molecule has 1 amide bonds. The second-order valence-electron chi connectivity index (χ2n) is 5.83. The van der Waals surface area contributed by atoms with Gasteiger partial charge in [-0.1, -0.05) is 46.3 Å². The molecule has 0 aliphatic carbocycles. The first-order valence-electron chi connectivity index (χ1n) is 8.32. The normalized spacial score (nSPS) is 10.9. The molecule has 0 atom stereocenters. The van der Waals surface area contributed by atoms with Gasteiger partial charge in [-0.15, -0.1) is 0 Å². The lowest BCUT2D eigenvalue weighted by atomic mass is 10.0. The van der Waals surface area contributed by atoms with Gasteiger partial charge in [0.25, 0.3) is 0 Å². The van der Waals surface area contributed by atoms with Crippen LogP contribution in [0.3, 0.4) is 0 Å². The molecule has 0 spiro atoms. The summed E-state index contributed by atoms with van der Waals surface area (Å²) in [6, 6.07) is 17.2. The van der Waals surface area contributed by atoms with Gasteiger partial charge in [-0.05, 0) is 40.6 Å². The van der Waals surface area contributed by atoms with Crippen molar-refractivity contribution in [3.8, 4) is 11.5 Å². The molecule has 1 N–H and O–H groups in total. The van der Waals surface area contributed by atoms with Crippen LogP contribution in [0.5, 0.6) is 11.5 Å². The van der Waals surface area contributed by atoms with Gasteiger partial charge in [0.1, 0.15) is 11.5 Å². The Morgan fingerprint density at radius 2 is 1.85 bits per heavy atom. The highest BCUT2D eigenvalue weighted by Crippen LogP contribution is 2.27. The van der Waals surface area contributed by atoms with Gasteiger partial charge < -0.3 is 9.47 Å². The fourth-order valence-corrected chi connectivity index (χ4v) is 3.28. The van der Waals surface area contributed by atoms with E-state index < -0.39 is 0 Å². The van der Waals surface area contributed by atoms with E-state index in [1.165, 1.54) is 0 Å². The molecular formula is C21H19BrN2O3. The summed E-state index contributed by atoms with van der Waals surface area (Å²) in [5.74, 6) is 1.14. The van der Waals surface area contributed by atoms with Crippen molar-refractivity contribution >= 4 is 38.8 Å². The van der Waals surface area contributed by atoms with Crippen molar-refractivity contribution in [3.63, 3.8) is 0 Å². The van der Waals surface area contributed by atoms with Crippen LogP contribution < -0.4 is 14.9 Å². The molecular weight excluding hydrogens is 408 g/mol. The second-order valence-corrected chi connectivity index (χ2v) is 6.68. The van der Waals surface area contributed by atoms with Crippen LogP contribution in [0.25, 0.3) is 10.8 Å². The first-order valence-corrected chi connectivity index (χ1v) is 9.11. The van der Waals surface area contributed by atoms with E-state index in [1.807, 2.05) is 36.4 Å². The van der Waals surface area contributed by atoms with Crippen LogP contribution in [0.2, 0.25) is 0 Å². The Balaban J connectivity index is 1.72. The smallest absolute Gasteiger partial charge is 0.244 e. The Labute approximate surface area is 166 Å². The van der Waals surface area contributed by atoms with Crippen molar-refractivity contribution in [1.82, 2.24) is 5.43 Å². The molecule has 0 unspecified atom stereocenters. The highest BCUT2D eigenvalue weighted by atomic mass is 79.9. The third-order valence-electron chi connectivity index (χ3n) is 4.14. The van der Waals surface area contributed by atoms with E-state index >= 15 is 0 Å². The zero-order valence-electron chi connectivity index (χ0n) is 15.0. The van der Waals surface area contributed by atoms with Gasteiger partial charge in [0, 0.05) is 10.0 Å². The summed E-state index contributed by atoms with van der Waals surface area (Å²) in [7, 11) is 3.17. The van der Waals surface area contributed by atoms with E-state index in [-0.39, 0.29) is 12.3 Å². The van der Waals surface area contributed by atoms with E-state index in [4.69, 9.17) is 9.47 Å². The van der Waals surface area contributed by atoms with Gasteiger partial charge in [-0.25, -0.2) is 5.43 Å². The van der Waals surface area contributed by atoms with Crippen molar-refractivity contribution in [2.45, 2.75) is 6.42 Å².